The van der Waals surface area contributed by atoms with E-state index < -0.39 is 22.5 Å². The topological polar surface area (TPSA) is 88.1 Å². The molecule has 0 atom stereocenters. The van der Waals surface area contributed by atoms with Gasteiger partial charge in [-0.15, -0.1) is 0 Å². The predicted octanol–water partition coefficient (Wildman–Crippen LogP) is 4.89. The first kappa shape index (κ1) is 24.9. The first-order chi connectivity index (χ1) is 17.4. The molecule has 0 saturated carbocycles. The van der Waals surface area contributed by atoms with Crippen molar-refractivity contribution in [2.24, 2.45) is 5.10 Å². The Balaban J connectivity index is 1.57. The number of amides is 1. The van der Waals surface area contributed by atoms with Gasteiger partial charge >= 0.3 is 0 Å². The van der Waals surface area contributed by atoms with Gasteiger partial charge in [0.15, 0.2) is 0 Å². The Bertz CT molecular complexity index is 1480. The first-order valence-electron chi connectivity index (χ1n) is 11.5. The van der Waals surface area contributed by atoms with Crippen molar-refractivity contribution < 1.29 is 17.9 Å². The molecular weight excluding hydrogens is 474 g/mol. The summed E-state index contributed by atoms with van der Waals surface area (Å²) in [6, 6.07) is 26.7. The summed E-state index contributed by atoms with van der Waals surface area (Å²) in [5.74, 6) is 0.0362. The molecule has 1 amide bonds. The highest BCUT2D eigenvalue weighted by molar-refractivity contribution is 7.92. The second-order valence-corrected chi connectivity index (χ2v) is 9.98. The fraction of sp³-hybridized carbons (Fsp3) is 0.143. The summed E-state index contributed by atoms with van der Waals surface area (Å²) in [6.07, 6.45) is 1.55. The molecule has 0 heterocycles. The first-order valence-corrected chi connectivity index (χ1v) is 12.9. The maximum Gasteiger partial charge on any atom is 0.264 e. The van der Waals surface area contributed by atoms with Gasteiger partial charge in [-0.2, -0.15) is 5.10 Å². The lowest BCUT2D eigenvalue weighted by Gasteiger charge is -2.24. The highest BCUT2D eigenvalue weighted by Gasteiger charge is 2.27. The lowest BCUT2D eigenvalue weighted by Crippen LogP contribution is -2.39. The number of nitrogens with zero attached hydrogens (tertiary/aromatic N) is 2. The molecule has 0 saturated heterocycles. The third-order valence-corrected chi connectivity index (χ3v) is 7.34. The number of hydrazone groups is 1. The van der Waals surface area contributed by atoms with E-state index in [4.69, 9.17) is 4.74 Å². The maximum atomic E-state index is 13.5. The molecule has 0 aliphatic carbocycles. The van der Waals surface area contributed by atoms with Gasteiger partial charge in [0.05, 0.1) is 23.4 Å². The van der Waals surface area contributed by atoms with Crippen molar-refractivity contribution in [1.82, 2.24) is 5.43 Å². The second-order valence-electron chi connectivity index (χ2n) is 8.11. The number of hydrogen-bond acceptors (Lipinski definition) is 5. The second kappa shape index (κ2) is 11.0. The molecule has 0 spiro atoms. The molecule has 8 heteroatoms. The molecule has 0 unspecified atom stereocenters. The van der Waals surface area contributed by atoms with E-state index in [1.165, 1.54) is 12.1 Å². The number of carbonyl (C=O) groups excluding carboxylic acids is 1. The fourth-order valence-corrected chi connectivity index (χ4v) is 5.15. The summed E-state index contributed by atoms with van der Waals surface area (Å²) in [4.78, 5) is 12.9. The van der Waals surface area contributed by atoms with E-state index in [2.05, 4.69) is 10.5 Å². The van der Waals surface area contributed by atoms with Crippen molar-refractivity contribution in [3.8, 4) is 5.75 Å². The van der Waals surface area contributed by atoms with Gasteiger partial charge in [-0.3, -0.25) is 9.10 Å². The maximum absolute atomic E-state index is 13.5. The van der Waals surface area contributed by atoms with Gasteiger partial charge in [0, 0.05) is 5.56 Å². The molecule has 0 radical (unpaired) electrons. The smallest absolute Gasteiger partial charge is 0.264 e. The number of anilines is 1. The van der Waals surface area contributed by atoms with Crippen LogP contribution in [0.2, 0.25) is 0 Å². The van der Waals surface area contributed by atoms with Crippen LogP contribution in [0.15, 0.2) is 101 Å². The van der Waals surface area contributed by atoms with Crippen LogP contribution in [0.4, 0.5) is 5.69 Å². The van der Waals surface area contributed by atoms with Crippen LogP contribution in [0.1, 0.15) is 18.1 Å². The summed E-state index contributed by atoms with van der Waals surface area (Å²) >= 11 is 0. The molecule has 4 aromatic carbocycles. The molecule has 0 bridgehead atoms. The predicted molar refractivity (Wildman–Crippen MR) is 143 cm³/mol. The Morgan fingerprint density at radius 1 is 0.944 bits per heavy atom. The Morgan fingerprint density at radius 3 is 2.36 bits per heavy atom. The van der Waals surface area contributed by atoms with E-state index in [9.17, 15) is 13.2 Å². The van der Waals surface area contributed by atoms with Gasteiger partial charge < -0.3 is 4.74 Å². The summed E-state index contributed by atoms with van der Waals surface area (Å²) in [6.45, 7) is 3.78. The SMILES string of the molecule is CCOc1ccc(N(CC(=O)N/N=C/c2cccc3ccccc23)S(=O)(=O)c2ccc(C)cc2)cc1. The van der Waals surface area contributed by atoms with Gasteiger partial charge in [-0.05, 0) is 61.0 Å². The number of carbonyl (C=O) groups is 1. The minimum Gasteiger partial charge on any atom is -0.494 e. The van der Waals surface area contributed by atoms with Crippen LogP contribution in [-0.2, 0) is 14.8 Å². The highest BCUT2D eigenvalue weighted by Crippen LogP contribution is 2.26. The van der Waals surface area contributed by atoms with Gasteiger partial charge in [-0.1, -0.05) is 60.2 Å². The molecule has 0 aromatic heterocycles. The molecule has 7 nitrogen and oxygen atoms in total. The standard InChI is InChI=1S/C28H27N3O4S/c1-3-35-25-15-13-24(14-16-25)31(36(33,34)26-17-11-21(2)12-18-26)20-28(32)30-29-19-23-9-6-8-22-7-4-5-10-27(22)23/h4-19H,3,20H2,1-2H3,(H,30,32)/b29-19+. The van der Waals surface area contributed by atoms with E-state index in [1.54, 1.807) is 42.6 Å². The van der Waals surface area contributed by atoms with E-state index in [0.717, 1.165) is 26.2 Å². The Morgan fingerprint density at radius 2 is 1.64 bits per heavy atom. The molecule has 4 aromatic rings. The molecule has 0 aliphatic rings. The Kier molecular flexibility index (Phi) is 7.65. The lowest BCUT2D eigenvalue weighted by atomic mass is 10.1. The van der Waals surface area contributed by atoms with E-state index >= 15 is 0 Å². The summed E-state index contributed by atoms with van der Waals surface area (Å²) in [7, 11) is -4.02. The summed E-state index contributed by atoms with van der Waals surface area (Å²) < 4.78 is 33.5. The van der Waals surface area contributed by atoms with Crippen molar-refractivity contribution in [3.63, 3.8) is 0 Å². The molecular formula is C28H27N3O4S. The Labute approximate surface area is 211 Å². The normalized spacial score (nSPS) is 11.5. The van der Waals surface area contributed by atoms with Crippen LogP contribution in [0.25, 0.3) is 10.8 Å². The molecule has 0 fully saturated rings. The minimum atomic E-state index is -4.02. The van der Waals surface area contributed by atoms with Crippen LogP contribution in [0.3, 0.4) is 0 Å². The largest absolute Gasteiger partial charge is 0.494 e. The molecule has 184 valence electrons. The molecule has 36 heavy (non-hydrogen) atoms. The van der Waals surface area contributed by atoms with E-state index in [1.807, 2.05) is 56.3 Å². The number of fused-ring (bicyclic) bond motifs is 1. The van der Waals surface area contributed by atoms with Gasteiger partial charge in [0.25, 0.3) is 15.9 Å². The summed E-state index contributed by atoms with van der Waals surface area (Å²) in [5, 5.41) is 6.13. The molecule has 4 rings (SSSR count). The third-order valence-electron chi connectivity index (χ3n) is 5.55. The number of hydrogen-bond donors (Lipinski definition) is 1. The monoisotopic (exact) mass is 501 g/mol. The quantitative estimate of drug-likeness (QED) is 0.261. The van der Waals surface area contributed by atoms with Crippen molar-refractivity contribution in [3.05, 3.63) is 102 Å². The van der Waals surface area contributed by atoms with Crippen molar-refractivity contribution >= 4 is 38.6 Å². The van der Waals surface area contributed by atoms with Crippen LogP contribution >= 0.6 is 0 Å². The number of aryl methyl sites for hydroxylation is 1. The lowest BCUT2D eigenvalue weighted by molar-refractivity contribution is -0.119. The fourth-order valence-electron chi connectivity index (χ4n) is 3.73. The van der Waals surface area contributed by atoms with Crippen molar-refractivity contribution in [2.75, 3.05) is 17.5 Å². The highest BCUT2D eigenvalue weighted by atomic mass is 32.2. The Hall–Kier alpha value is -4.17. The number of benzene rings is 4. The van der Waals surface area contributed by atoms with Crippen LogP contribution in [-0.4, -0.2) is 33.7 Å². The number of nitrogens with one attached hydrogen (secondary N) is 1. The van der Waals surface area contributed by atoms with E-state index in [0.29, 0.717) is 18.0 Å². The van der Waals surface area contributed by atoms with Gasteiger partial charge in [-0.25, -0.2) is 13.8 Å². The average Bonchev–Trinajstić information content (AvgIpc) is 2.88. The number of rotatable bonds is 9. The van der Waals surface area contributed by atoms with E-state index in [-0.39, 0.29) is 4.90 Å². The molecule has 1 N–H and O–H groups in total. The van der Waals surface area contributed by atoms with Crippen molar-refractivity contribution in [2.45, 2.75) is 18.7 Å². The van der Waals surface area contributed by atoms with Crippen LogP contribution in [0.5, 0.6) is 5.75 Å². The van der Waals surface area contributed by atoms with Gasteiger partial charge in [0.1, 0.15) is 12.3 Å². The summed E-state index contributed by atoms with van der Waals surface area (Å²) in [5.41, 5.74) is 4.57. The number of ether oxygens (including phenoxy) is 1. The van der Waals surface area contributed by atoms with Crippen LogP contribution < -0.4 is 14.5 Å². The zero-order valence-electron chi connectivity index (χ0n) is 20.1. The van der Waals surface area contributed by atoms with Crippen molar-refractivity contribution in [1.29, 1.82) is 0 Å². The van der Waals surface area contributed by atoms with Gasteiger partial charge in [0.2, 0.25) is 0 Å². The zero-order chi connectivity index (χ0) is 25.5. The van der Waals surface area contributed by atoms with Crippen LogP contribution in [0, 0.1) is 6.92 Å². The third kappa shape index (κ3) is 5.72. The number of sulfonamides is 1. The molecule has 0 aliphatic heterocycles. The minimum absolute atomic E-state index is 0.0917. The average molecular weight is 502 g/mol. The zero-order valence-corrected chi connectivity index (χ0v) is 20.9.